The van der Waals surface area contributed by atoms with Crippen LogP contribution in [0.25, 0.3) is 0 Å². The Hall–Kier alpha value is -2.67. The lowest BCUT2D eigenvalue weighted by Crippen LogP contribution is -2.50. The number of methoxy groups -OCH3 is 1. The molecule has 0 saturated carbocycles. The van der Waals surface area contributed by atoms with E-state index in [4.69, 9.17) is 9.47 Å². The van der Waals surface area contributed by atoms with E-state index in [1.807, 2.05) is 23.1 Å². The molecule has 0 unspecified atom stereocenters. The molecule has 7 nitrogen and oxygen atoms in total. The van der Waals surface area contributed by atoms with Gasteiger partial charge in [0.25, 0.3) is 5.91 Å². The molecule has 0 aliphatic carbocycles. The van der Waals surface area contributed by atoms with Gasteiger partial charge in [0, 0.05) is 25.5 Å². The second kappa shape index (κ2) is 9.15. The van der Waals surface area contributed by atoms with Crippen molar-refractivity contribution in [2.24, 2.45) is 0 Å². The Morgan fingerprint density at radius 2 is 2.19 bits per heavy atom. The molecule has 138 valence electrons. The summed E-state index contributed by atoms with van der Waals surface area (Å²) in [5, 5.41) is 2.96. The lowest BCUT2D eigenvalue weighted by molar-refractivity contribution is -0.133. The number of nitrogens with zero attached hydrogens (tertiary/aromatic N) is 3. The van der Waals surface area contributed by atoms with E-state index in [0.29, 0.717) is 32.2 Å². The number of carbonyl (C=O) groups is 1. The van der Waals surface area contributed by atoms with Gasteiger partial charge in [0.2, 0.25) is 5.95 Å². The molecule has 1 amide bonds. The minimum absolute atomic E-state index is 0.0868. The van der Waals surface area contributed by atoms with E-state index in [-0.39, 0.29) is 5.91 Å². The third-order valence-electron chi connectivity index (χ3n) is 4.27. The van der Waals surface area contributed by atoms with Crippen LogP contribution in [0.1, 0.15) is 12.0 Å². The number of nitrogens with one attached hydrogen (secondary N) is 1. The molecule has 1 atom stereocenters. The molecule has 1 aliphatic heterocycles. The topological polar surface area (TPSA) is 76.6 Å². The number of morpholine rings is 1. The number of ether oxygens (including phenoxy) is 2. The van der Waals surface area contributed by atoms with Gasteiger partial charge in [0.1, 0.15) is 5.75 Å². The fourth-order valence-corrected chi connectivity index (χ4v) is 2.89. The molecule has 1 aromatic carbocycles. The zero-order valence-electron chi connectivity index (χ0n) is 14.9. The standard InChI is InChI=1S/C19H24N4O3/c1-25-16-7-2-5-15(13-16)6-3-8-20-18(24)17-14-23(11-12-26-17)19-21-9-4-10-22-19/h2,4-5,7,9-10,13,17H,3,6,8,11-12,14H2,1H3,(H,20,24)/t17-/m1/s1. The van der Waals surface area contributed by atoms with Crippen LogP contribution in [0.3, 0.4) is 0 Å². The molecule has 1 aromatic heterocycles. The van der Waals surface area contributed by atoms with Crippen LogP contribution in [-0.4, -0.2) is 55.3 Å². The SMILES string of the molecule is COc1cccc(CCCNC(=O)[C@H]2CN(c3ncccn3)CCO2)c1. The van der Waals surface area contributed by atoms with Crippen LogP contribution < -0.4 is 15.0 Å². The maximum atomic E-state index is 12.4. The third kappa shape index (κ3) is 4.92. The van der Waals surface area contributed by atoms with Crippen molar-refractivity contribution in [3.05, 3.63) is 48.3 Å². The monoisotopic (exact) mass is 356 g/mol. The van der Waals surface area contributed by atoms with Gasteiger partial charge in [-0.1, -0.05) is 12.1 Å². The number of aromatic nitrogens is 2. The van der Waals surface area contributed by atoms with Crippen molar-refractivity contribution >= 4 is 11.9 Å². The van der Waals surface area contributed by atoms with Gasteiger partial charge in [-0.3, -0.25) is 4.79 Å². The van der Waals surface area contributed by atoms with E-state index < -0.39 is 6.10 Å². The molecule has 1 aliphatic rings. The van der Waals surface area contributed by atoms with Crippen molar-refractivity contribution in [1.82, 2.24) is 15.3 Å². The number of amides is 1. The lowest BCUT2D eigenvalue weighted by atomic mass is 10.1. The molecule has 26 heavy (non-hydrogen) atoms. The number of hydrogen-bond donors (Lipinski definition) is 1. The molecular formula is C19H24N4O3. The molecule has 1 N–H and O–H groups in total. The summed E-state index contributed by atoms with van der Waals surface area (Å²) in [4.78, 5) is 22.8. The zero-order chi connectivity index (χ0) is 18.2. The Balaban J connectivity index is 1.43. The molecule has 0 spiro atoms. The highest BCUT2D eigenvalue weighted by Gasteiger charge is 2.27. The highest BCUT2D eigenvalue weighted by Crippen LogP contribution is 2.14. The molecular weight excluding hydrogens is 332 g/mol. The van der Waals surface area contributed by atoms with Gasteiger partial charge in [-0.05, 0) is 36.6 Å². The highest BCUT2D eigenvalue weighted by atomic mass is 16.5. The maximum absolute atomic E-state index is 12.4. The van der Waals surface area contributed by atoms with E-state index in [2.05, 4.69) is 21.4 Å². The number of benzene rings is 1. The molecule has 2 heterocycles. The van der Waals surface area contributed by atoms with Gasteiger partial charge in [-0.25, -0.2) is 9.97 Å². The van der Waals surface area contributed by atoms with Crippen LogP contribution >= 0.6 is 0 Å². The fraction of sp³-hybridized carbons (Fsp3) is 0.421. The van der Waals surface area contributed by atoms with E-state index in [9.17, 15) is 4.79 Å². The van der Waals surface area contributed by atoms with Crippen molar-refractivity contribution in [3.8, 4) is 5.75 Å². The van der Waals surface area contributed by atoms with Gasteiger partial charge in [-0.2, -0.15) is 0 Å². The highest BCUT2D eigenvalue weighted by molar-refractivity contribution is 5.81. The van der Waals surface area contributed by atoms with E-state index in [0.717, 1.165) is 18.6 Å². The normalized spacial score (nSPS) is 17.0. The third-order valence-corrected chi connectivity index (χ3v) is 4.27. The van der Waals surface area contributed by atoms with Gasteiger partial charge < -0.3 is 19.7 Å². The van der Waals surface area contributed by atoms with Gasteiger partial charge in [0.05, 0.1) is 20.3 Å². The molecule has 2 aromatic rings. The Morgan fingerprint density at radius 1 is 1.35 bits per heavy atom. The zero-order valence-corrected chi connectivity index (χ0v) is 14.9. The maximum Gasteiger partial charge on any atom is 0.250 e. The van der Waals surface area contributed by atoms with Crippen LogP contribution in [0.2, 0.25) is 0 Å². The summed E-state index contributed by atoms with van der Waals surface area (Å²) in [6.07, 6.45) is 4.64. The quantitative estimate of drug-likeness (QED) is 0.757. The smallest absolute Gasteiger partial charge is 0.250 e. The second-order valence-electron chi connectivity index (χ2n) is 6.10. The van der Waals surface area contributed by atoms with Crippen LogP contribution in [-0.2, 0) is 16.0 Å². The largest absolute Gasteiger partial charge is 0.497 e. The molecule has 3 rings (SSSR count). The average Bonchev–Trinajstić information content (AvgIpc) is 2.72. The van der Waals surface area contributed by atoms with Crippen molar-refractivity contribution < 1.29 is 14.3 Å². The Labute approximate surface area is 153 Å². The summed E-state index contributed by atoms with van der Waals surface area (Å²) < 4.78 is 10.8. The summed E-state index contributed by atoms with van der Waals surface area (Å²) in [7, 11) is 1.66. The van der Waals surface area contributed by atoms with Crippen molar-refractivity contribution in [1.29, 1.82) is 0 Å². The Kier molecular flexibility index (Phi) is 6.38. The summed E-state index contributed by atoms with van der Waals surface area (Å²) in [6, 6.07) is 9.75. The van der Waals surface area contributed by atoms with Crippen molar-refractivity contribution in [3.63, 3.8) is 0 Å². The minimum Gasteiger partial charge on any atom is -0.497 e. The first kappa shape index (κ1) is 18.1. The molecule has 1 saturated heterocycles. The lowest BCUT2D eigenvalue weighted by Gasteiger charge is -2.32. The first-order valence-corrected chi connectivity index (χ1v) is 8.80. The van der Waals surface area contributed by atoms with Crippen LogP contribution in [0.4, 0.5) is 5.95 Å². The number of hydrogen-bond acceptors (Lipinski definition) is 6. The van der Waals surface area contributed by atoms with Crippen LogP contribution in [0.5, 0.6) is 5.75 Å². The summed E-state index contributed by atoms with van der Waals surface area (Å²) in [5.41, 5.74) is 1.19. The predicted octanol–water partition coefficient (Wildman–Crippen LogP) is 1.44. The molecule has 7 heteroatoms. The van der Waals surface area contributed by atoms with Crippen molar-refractivity contribution in [2.75, 3.05) is 38.3 Å². The fourth-order valence-electron chi connectivity index (χ4n) is 2.89. The Bertz CT molecular complexity index is 711. The van der Waals surface area contributed by atoms with Crippen molar-refractivity contribution in [2.45, 2.75) is 18.9 Å². The molecule has 0 radical (unpaired) electrons. The van der Waals surface area contributed by atoms with E-state index >= 15 is 0 Å². The van der Waals surface area contributed by atoms with Crippen LogP contribution in [0, 0.1) is 0 Å². The van der Waals surface area contributed by atoms with E-state index in [1.165, 1.54) is 5.56 Å². The number of carbonyl (C=O) groups excluding carboxylic acids is 1. The predicted molar refractivity (Wildman–Crippen MR) is 98.3 cm³/mol. The number of aryl methyl sites for hydroxylation is 1. The first-order chi connectivity index (χ1) is 12.8. The summed E-state index contributed by atoms with van der Waals surface area (Å²) in [6.45, 7) is 2.24. The molecule has 0 bridgehead atoms. The summed E-state index contributed by atoms with van der Waals surface area (Å²) >= 11 is 0. The Morgan fingerprint density at radius 3 is 3.00 bits per heavy atom. The van der Waals surface area contributed by atoms with Crippen LogP contribution in [0.15, 0.2) is 42.7 Å². The second-order valence-corrected chi connectivity index (χ2v) is 6.10. The summed E-state index contributed by atoms with van der Waals surface area (Å²) in [5.74, 6) is 1.40. The van der Waals surface area contributed by atoms with Gasteiger partial charge in [-0.15, -0.1) is 0 Å². The van der Waals surface area contributed by atoms with E-state index in [1.54, 1.807) is 25.6 Å². The first-order valence-electron chi connectivity index (χ1n) is 8.80. The minimum atomic E-state index is -0.496. The number of rotatable bonds is 7. The van der Waals surface area contributed by atoms with Gasteiger partial charge >= 0.3 is 0 Å². The molecule has 1 fully saturated rings. The van der Waals surface area contributed by atoms with Gasteiger partial charge in [0.15, 0.2) is 6.10 Å². The number of anilines is 1. The average molecular weight is 356 g/mol.